The van der Waals surface area contributed by atoms with Gasteiger partial charge in [-0.15, -0.1) is 11.3 Å². The van der Waals surface area contributed by atoms with Gasteiger partial charge in [0.2, 0.25) is 0 Å². The van der Waals surface area contributed by atoms with E-state index in [9.17, 15) is 4.79 Å². The van der Waals surface area contributed by atoms with Crippen molar-refractivity contribution in [2.45, 2.75) is 0 Å². The highest BCUT2D eigenvalue weighted by molar-refractivity contribution is 7.20. The Hall–Kier alpha value is -1.42. The van der Waals surface area contributed by atoms with E-state index >= 15 is 0 Å². The van der Waals surface area contributed by atoms with Gasteiger partial charge in [-0.05, 0) is 18.2 Å². The molecule has 2 rings (SSSR count). The second-order valence-corrected chi connectivity index (χ2v) is 3.66. The Morgan fingerprint density at radius 3 is 3.15 bits per heavy atom. The number of carbonyl (C=O) groups is 1. The zero-order chi connectivity index (χ0) is 9.26. The van der Waals surface area contributed by atoms with Crippen LogP contribution in [0.25, 0.3) is 10.2 Å². The SMILES string of the molecule is CNC(=O)c1cc2ncccc2s1. The fourth-order valence-corrected chi connectivity index (χ4v) is 2.07. The average molecular weight is 192 g/mol. The quantitative estimate of drug-likeness (QED) is 0.746. The lowest BCUT2D eigenvalue weighted by Crippen LogP contribution is -2.15. The minimum Gasteiger partial charge on any atom is -0.354 e. The van der Waals surface area contributed by atoms with Crippen molar-refractivity contribution in [1.82, 2.24) is 10.3 Å². The van der Waals surface area contributed by atoms with E-state index in [0.29, 0.717) is 4.88 Å². The number of thiophene rings is 1. The zero-order valence-electron chi connectivity index (χ0n) is 7.07. The third-order valence-electron chi connectivity index (χ3n) is 1.74. The molecule has 0 spiro atoms. The summed E-state index contributed by atoms with van der Waals surface area (Å²) in [5.74, 6) is -0.0528. The van der Waals surface area contributed by atoms with Gasteiger partial charge in [-0.3, -0.25) is 9.78 Å². The van der Waals surface area contributed by atoms with Crippen molar-refractivity contribution in [2.75, 3.05) is 7.05 Å². The van der Waals surface area contributed by atoms with E-state index in [1.807, 2.05) is 12.1 Å². The van der Waals surface area contributed by atoms with Crippen LogP contribution >= 0.6 is 11.3 Å². The summed E-state index contributed by atoms with van der Waals surface area (Å²) in [6.07, 6.45) is 1.72. The Bertz CT molecular complexity index is 417. The van der Waals surface area contributed by atoms with Crippen molar-refractivity contribution >= 4 is 27.5 Å². The fraction of sp³-hybridized carbons (Fsp3) is 0.111. The van der Waals surface area contributed by atoms with E-state index in [0.717, 1.165) is 10.2 Å². The summed E-state index contributed by atoms with van der Waals surface area (Å²) in [5, 5.41) is 2.59. The largest absolute Gasteiger partial charge is 0.354 e. The molecule has 2 aromatic rings. The molecule has 0 radical (unpaired) electrons. The van der Waals surface area contributed by atoms with Crippen LogP contribution in [0.1, 0.15) is 9.67 Å². The molecule has 0 aliphatic rings. The topological polar surface area (TPSA) is 42.0 Å². The molecular formula is C9H8N2OS. The molecule has 13 heavy (non-hydrogen) atoms. The molecule has 3 nitrogen and oxygen atoms in total. The third kappa shape index (κ3) is 1.40. The van der Waals surface area contributed by atoms with Crippen molar-refractivity contribution in [3.05, 3.63) is 29.3 Å². The van der Waals surface area contributed by atoms with Crippen LogP contribution < -0.4 is 5.32 Å². The molecule has 0 aliphatic carbocycles. The van der Waals surface area contributed by atoms with E-state index < -0.39 is 0 Å². The number of rotatable bonds is 1. The molecule has 0 aromatic carbocycles. The predicted octanol–water partition coefficient (Wildman–Crippen LogP) is 1.66. The van der Waals surface area contributed by atoms with Crippen molar-refractivity contribution in [3.63, 3.8) is 0 Å². The maximum absolute atomic E-state index is 11.3. The summed E-state index contributed by atoms with van der Waals surface area (Å²) >= 11 is 1.46. The molecule has 0 bridgehead atoms. The maximum atomic E-state index is 11.3. The second-order valence-electron chi connectivity index (χ2n) is 2.58. The van der Waals surface area contributed by atoms with Crippen molar-refractivity contribution in [1.29, 1.82) is 0 Å². The Kier molecular flexibility index (Phi) is 1.98. The highest BCUT2D eigenvalue weighted by Crippen LogP contribution is 2.22. The lowest BCUT2D eigenvalue weighted by atomic mass is 10.3. The van der Waals surface area contributed by atoms with Gasteiger partial charge in [0.15, 0.2) is 0 Å². The summed E-state index contributed by atoms with van der Waals surface area (Å²) in [4.78, 5) is 16.1. The first-order chi connectivity index (χ1) is 6.31. The molecule has 1 amide bonds. The highest BCUT2D eigenvalue weighted by Gasteiger charge is 2.07. The molecule has 0 saturated carbocycles. The summed E-state index contributed by atoms with van der Waals surface area (Å²) in [5.41, 5.74) is 0.881. The van der Waals surface area contributed by atoms with Crippen LogP contribution in [0, 0.1) is 0 Å². The van der Waals surface area contributed by atoms with Gasteiger partial charge in [-0.25, -0.2) is 0 Å². The molecule has 66 valence electrons. The van der Waals surface area contributed by atoms with Gasteiger partial charge in [0.1, 0.15) is 0 Å². The number of aromatic nitrogens is 1. The van der Waals surface area contributed by atoms with Gasteiger partial charge < -0.3 is 5.32 Å². The first kappa shape index (κ1) is 8.19. The fourth-order valence-electron chi connectivity index (χ4n) is 1.10. The Balaban J connectivity index is 2.56. The van der Waals surface area contributed by atoms with Gasteiger partial charge in [-0.2, -0.15) is 0 Å². The van der Waals surface area contributed by atoms with Crippen LogP contribution in [0.5, 0.6) is 0 Å². The Labute approximate surface area is 79.4 Å². The smallest absolute Gasteiger partial charge is 0.261 e. The molecule has 1 N–H and O–H groups in total. The number of fused-ring (bicyclic) bond motifs is 1. The average Bonchev–Trinajstić information content (AvgIpc) is 2.59. The zero-order valence-corrected chi connectivity index (χ0v) is 7.89. The van der Waals surface area contributed by atoms with Gasteiger partial charge in [0.25, 0.3) is 5.91 Å². The second kappa shape index (κ2) is 3.14. The maximum Gasteiger partial charge on any atom is 0.261 e. The summed E-state index contributed by atoms with van der Waals surface area (Å²) in [6.45, 7) is 0. The minimum absolute atomic E-state index is 0.0528. The number of nitrogens with one attached hydrogen (secondary N) is 1. The minimum atomic E-state index is -0.0528. The predicted molar refractivity (Wildman–Crippen MR) is 53.0 cm³/mol. The summed E-state index contributed by atoms with van der Waals surface area (Å²) < 4.78 is 1.04. The molecule has 0 aliphatic heterocycles. The monoisotopic (exact) mass is 192 g/mol. The van der Waals surface area contributed by atoms with Crippen LogP contribution in [-0.2, 0) is 0 Å². The lowest BCUT2D eigenvalue weighted by molar-refractivity contribution is 0.0967. The van der Waals surface area contributed by atoms with E-state index in [1.165, 1.54) is 11.3 Å². The van der Waals surface area contributed by atoms with Gasteiger partial charge in [0, 0.05) is 13.2 Å². The normalized spacial score (nSPS) is 10.2. The van der Waals surface area contributed by atoms with E-state index in [4.69, 9.17) is 0 Å². The molecule has 2 aromatic heterocycles. The van der Waals surface area contributed by atoms with Gasteiger partial charge >= 0.3 is 0 Å². The molecule has 2 heterocycles. The number of hydrogen-bond acceptors (Lipinski definition) is 3. The lowest BCUT2D eigenvalue weighted by Gasteiger charge is -1.90. The first-order valence-electron chi connectivity index (χ1n) is 3.88. The Morgan fingerprint density at radius 2 is 2.46 bits per heavy atom. The summed E-state index contributed by atoms with van der Waals surface area (Å²) in [7, 11) is 1.63. The molecule has 0 atom stereocenters. The van der Waals surface area contributed by atoms with Gasteiger partial charge in [-0.1, -0.05) is 0 Å². The van der Waals surface area contributed by atoms with Crippen molar-refractivity contribution in [2.24, 2.45) is 0 Å². The van der Waals surface area contributed by atoms with E-state index in [2.05, 4.69) is 10.3 Å². The van der Waals surface area contributed by atoms with Crippen LogP contribution in [0.3, 0.4) is 0 Å². The van der Waals surface area contributed by atoms with Crippen LogP contribution in [0.2, 0.25) is 0 Å². The van der Waals surface area contributed by atoms with E-state index in [-0.39, 0.29) is 5.91 Å². The van der Waals surface area contributed by atoms with Gasteiger partial charge in [0.05, 0.1) is 15.1 Å². The third-order valence-corrected chi connectivity index (χ3v) is 2.83. The first-order valence-corrected chi connectivity index (χ1v) is 4.69. The number of amides is 1. The molecule has 0 saturated heterocycles. The number of hydrogen-bond donors (Lipinski definition) is 1. The number of carbonyl (C=O) groups excluding carboxylic acids is 1. The van der Waals surface area contributed by atoms with Crippen molar-refractivity contribution in [3.8, 4) is 0 Å². The molecule has 0 unspecified atom stereocenters. The van der Waals surface area contributed by atoms with Crippen LogP contribution in [-0.4, -0.2) is 17.9 Å². The molecule has 0 fully saturated rings. The van der Waals surface area contributed by atoms with Crippen LogP contribution in [0.15, 0.2) is 24.4 Å². The van der Waals surface area contributed by atoms with E-state index in [1.54, 1.807) is 19.3 Å². The van der Waals surface area contributed by atoms with Crippen molar-refractivity contribution < 1.29 is 4.79 Å². The standard InChI is InChI=1S/C9H8N2OS/c1-10-9(12)8-5-6-7(13-8)3-2-4-11-6/h2-5H,1H3,(H,10,12). The summed E-state index contributed by atoms with van der Waals surface area (Å²) in [6, 6.07) is 5.63. The number of nitrogens with zero attached hydrogens (tertiary/aromatic N) is 1. The highest BCUT2D eigenvalue weighted by atomic mass is 32.1. The Morgan fingerprint density at radius 1 is 1.62 bits per heavy atom. The molecule has 4 heteroatoms. The molecular weight excluding hydrogens is 184 g/mol. The number of pyridine rings is 1. The van der Waals surface area contributed by atoms with Crippen LogP contribution in [0.4, 0.5) is 0 Å².